The highest BCUT2D eigenvalue weighted by Gasteiger charge is 2.16. The number of carboxylic acid groups (broad SMARTS) is 1. The van der Waals surface area contributed by atoms with Crippen LogP contribution >= 0.6 is 0 Å². The molecule has 26 heavy (non-hydrogen) atoms. The highest BCUT2D eigenvalue weighted by atomic mass is 16.5. The van der Waals surface area contributed by atoms with E-state index < -0.39 is 5.97 Å². The quantitative estimate of drug-likeness (QED) is 0.758. The number of anilines is 1. The molecule has 1 aliphatic rings. The topological polar surface area (TPSA) is 93.5 Å². The van der Waals surface area contributed by atoms with E-state index in [1.807, 2.05) is 24.3 Å². The number of amides is 1. The molecule has 1 heterocycles. The van der Waals surface area contributed by atoms with Crippen molar-refractivity contribution in [3.05, 3.63) is 42.1 Å². The van der Waals surface area contributed by atoms with Crippen LogP contribution in [0.1, 0.15) is 37.7 Å². The number of carboxylic acids is 1. The fraction of sp³-hybridized carbons (Fsp3) is 0.421. The van der Waals surface area contributed by atoms with E-state index >= 15 is 0 Å². The molecule has 1 fully saturated rings. The van der Waals surface area contributed by atoms with Crippen molar-refractivity contribution >= 4 is 17.7 Å². The van der Waals surface area contributed by atoms with Crippen molar-refractivity contribution in [1.29, 1.82) is 0 Å². The third kappa shape index (κ3) is 5.34. The van der Waals surface area contributed by atoms with Crippen LogP contribution in [0.2, 0.25) is 0 Å². The average Bonchev–Trinajstić information content (AvgIpc) is 3.25. The van der Waals surface area contributed by atoms with Crippen LogP contribution < -0.4 is 10.1 Å². The molecule has 1 amide bonds. The van der Waals surface area contributed by atoms with Crippen molar-refractivity contribution in [2.45, 2.75) is 51.2 Å². The number of aromatic nitrogens is 2. The minimum absolute atomic E-state index is 0.160. The first-order valence-corrected chi connectivity index (χ1v) is 8.89. The van der Waals surface area contributed by atoms with E-state index in [9.17, 15) is 9.59 Å². The predicted molar refractivity (Wildman–Crippen MR) is 96.1 cm³/mol. The molecule has 0 spiro atoms. The molecular weight excluding hydrogens is 334 g/mol. The minimum atomic E-state index is -0.981. The van der Waals surface area contributed by atoms with Gasteiger partial charge < -0.3 is 15.2 Å². The van der Waals surface area contributed by atoms with Crippen LogP contribution in [0, 0.1) is 0 Å². The second-order valence-corrected chi connectivity index (χ2v) is 6.51. The van der Waals surface area contributed by atoms with Gasteiger partial charge in [-0.05, 0) is 49.8 Å². The lowest BCUT2D eigenvalue weighted by molar-refractivity contribution is -0.137. The number of hydrogen-bond acceptors (Lipinski definition) is 4. The monoisotopic (exact) mass is 357 g/mol. The van der Waals surface area contributed by atoms with Crippen molar-refractivity contribution in [2.24, 2.45) is 0 Å². The van der Waals surface area contributed by atoms with Crippen LogP contribution in [-0.4, -0.2) is 32.9 Å². The molecule has 0 saturated heterocycles. The van der Waals surface area contributed by atoms with Gasteiger partial charge in [-0.1, -0.05) is 12.1 Å². The van der Waals surface area contributed by atoms with Crippen molar-refractivity contribution in [1.82, 2.24) is 9.78 Å². The number of hydrogen-bond donors (Lipinski definition) is 2. The van der Waals surface area contributed by atoms with Gasteiger partial charge >= 0.3 is 5.97 Å². The van der Waals surface area contributed by atoms with E-state index in [-0.39, 0.29) is 12.5 Å². The summed E-state index contributed by atoms with van der Waals surface area (Å²) in [5, 5.41) is 15.4. The molecule has 1 aliphatic carbocycles. The Hall–Kier alpha value is -2.83. The third-order valence-corrected chi connectivity index (χ3v) is 4.35. The fourth-order valence-electron chi connectivity index (χ4n) is 3.09. The van der Waals surface area contributed by atoms with E-state index in [4.69, 9.17) is 9.84 Å². The molecule has 2 N–H and O–H groups in total. The molecule has 0 bridgehead atoms. The van der Waals surface area contributed by atoms with Crippen LogP contribution in [0.5, 0.6) is 5.75 Å². The van der Waals surface area contributed by atoms with Gasteiger partial charge in [-0.25, -0.2) is 0 Å². The zero-order chi connectivity index (χ0) is 18.4. The van der Waals surface area contributed by atoms with E-state index in [1.165, 1.54) is 23.7 Å². The number of nitrogens with zero attached hydrogens (tertiary/aromatic N) is 2. The van der Waals surface area contributed by atoms with Crippen LogP contribution in [-0.2, 0) is 22.6 Å². The standard InChI is InChI=1S/C19H23N3O4/c23-18(20-17-10-11-22(21-17)13-19(24)25)9-8-14-4-3-7-16(12-14)26-15-5-1-2-6-15/h3-4,7,10-12,15H,1-2,5-6,8-9,13H2,(H,24,25)(H,20,21,23). The fourth-order valence-corrected chi connectivity index (χ4v) is 3.09. The summed E-state index contributed by atoms with van der Waals surface area (Å²) in [4.78, 5) is 22.7. The summed E-state index contributed by atoms with van der Waals surface area (Å²) in [5.41, 5.74) is 1.05. The number of benzene rings is 1. The van der Waals surface area contributed by atoms with Gasteiger partial charge in [0.25, 0.3) is 0 Å². The zero-order valence-electron chi connectivity index (χ0n) is 14.6. The Bertz CT molecular complexity index is 766. The summed E-state index contributed by atoms with van der Waals surface area (Å²) in [6.45, 7) is -0.232. The lowest BCUT2D eigenvalue weighted by Crippen LogP contribution is -2.14. The Balaban J connectivity index is 1.48. The van der Waals surface area contributed by atoms with Crippen LogP contribution in [0.3, 0.4) is 0 Å². The van der Waals surface area contributed by atoms with Gasteiger partial charge in [-0.3, -0.25) is 14.3 Å². The van der Waals surface area contributed by atoms with Crippen molar-refractivity contribution in [3.8, 4) is 5.75 Å². The Morgan fingerprint density at radius 3 is 2.85 bits per heavy atom. The number of carbonyl (C=O) groups excluding carboxylic acids is 1. The van der Waals surface area contributed by atoms with E-state index in [0.717, 1.165) is 24.2 Å². The first kappa shape index (κ1) is 18.0. The van der Waals surface area contributed by atoms with Crippen molar-refractivity contribution in [2.75, 3.05) is 5.32 Å². The lowest BCUT2D eigenvalue weighted by Gasteiger charge is -2.13. The van der Waals surface area contributed by atoms with Crippen LogP contribution in [0.4, 0.5) is 5.82 Å². The Morgan fingerprint density at radius 2 is 2.08 bits per heavy atom. The molecule has 0 atom stereocenters. The Kier molecular flexibility index (Phi) is 5.88. The summed E-state index contributed by atoms with van der Waals surface area (Å²) < 4.78 is 7.26. The summed E-state index contributed by atoms with van der Waals surface area (Å²) in [5.74, 6) is 0.0789. The maximum atomic E-state index is 12.1. The first-order chi connectivity index (χ1) is 12.6. The summed E-state index contributed by atoms with van der Waals surface area (Å²) >= 11 is 0. The van der Waals surface area contributed by atoms with Gasteiger partial charge in [0.15, 0.2) is 5.82 Å². The molecule has 1 saturated carbocycles. The molecule has 0 unspecified atom stereocenters. The maximum absolute atomic E-state index is 12.1. The van der Waals surface area contributed by atoms with E-state index in [2.05, 4.69) is 10.4 Å². The highest BCUT2D eigenvalue weighted by molar-refractivity contribution is 5.89. The molecule has 7 heteroatoms. The second kappa shape index (κ2) is 8.51. The van der Waals surface area contributed by atoms with Gasteiger partial charge in [-0.15, -0.1) is 0 Å². The molecule has 138 valence electrons. The zero-order valence-corrected chi connectivity index (χ0v) is 14.6. The number of carbonyl (C=O) groups is 2. The molecule has 1 aromatic heterocycles. The van der Waals surface area contributed by atoms with Gasteiger partial charge in [-0.2, -0.15) is 5.10 Å². The SMILES string of the molecule is O=C(O)Cn1ccc(NC(=O)CCc2cccc(OC3CCCC3)c2)n1. The largest absolute Gasteiger partial charge is 0.490 e. The normalized spacial score (nSPS) is 14.3. The summed E-state index contributed by atoms with van der Waals surface area (Å²) in [7, 11) is 0. The first-order valence-electron chi connectivity index (χ1n) is 8.89. The molecule has 2 aromatic rings. The van der Waals surface area contributed by atoms with Crippen molar-refractivity contribution < 1.29 is 19.4 Å². The number of nitrogens with one attached hydrogen (secondary N) is 1. The van der Waals surface area contributed by atoms with Gasteiger partial charge in [0, 0.05) is 18.7 Å². The van der Waals surface area contributed by atoms with Gasteiger partial charge in [0.1, 0.15) is 12.3 Å². The molecule has 1 aromatic carbocycles. The smallest absolute Gasteiger partial charge is 0.325 e. The summed E-state index contributed by atoms with van der Waals surface area (Å²) in [6, 6.07) is 9.46. The van der Waals surface area contributed by atoms with Gasteiger partial charge in [0.2, 0.25) is 5.91 Å². The lowest BCUT2D eigenvalue weighted by atomic mass is 10.1. The van der Waals surface area contributed by atoms with E-state index in [1.54, 1.807) is 6.07 Å². The second-order valence-electron chi connectivity index (χ2n) is 6.51. The minimum Gasteiger partial charge on any atom is -0.490 e. The summed E-state index contributed by atoms with van der Waals surface area (Å²) in [6.07, 6.45) is 7.44. The highest BCUT2D eigenvalue weighted by Crippen LogP contribution is 2.24. The Labute approximate surface area is 152 Å². The Morgan fingerprint density at radius 1 is 1.27 bits per heavy atom. The number of rotatable bonds is 8. The predicted octanol–water partition coefficient (Wildman–Crippen LogP) is 2.86. The number of aryl methyl sites for hydroxylation is 1. The molecular formula is C19H23N3O4. The number of aliphatic carboxylic acids is 1. The molecule has 0 radical (unpaired) electrons. The molecule has 7 nitrogen and oxygen atoms in total. The average molecular weight is 357 g/mol. The van der Waals surface area contributed by atoms with Crippen LogP contribution in [0.15, 0.2) is 36.5 Å². The maximum Gasteiger partial charge on any atom is 0.325 e. The van der Waals surface area contributed by atoms with Crippen molar-refractivity contribution in [3.63, 3.8) is 0 Å². The molecule has 3 rings (SSSR count). The van der Waals surface area contributed by atoms with Gasteiger partial charge in [0.05, 0.1) is 6.10 Å². The van der Waals surface area contributed by atoms with Crippen LogP contribution in [0.25, 0.3) is 0 Å². The molecule has 0 aliphatic heterocycles. The van der Waals surface area contributed by atoms with E-state index in [0.29, 0.717) is 24.8 Å². The third-order valence-electron chi connectivity index (χ3n) is 4.35. The number of ether oxygens (including phenoxy) is 1.